The van der Waals surface area contributed by atoms with E-state index >= 15 is 0 Å². The maximum Gasteiger partial charge on any atom is 0.346 e. The smallest absolute Gasteiger partial charge is 0.346 e. The zero-order chi connectivity index (χ0) is 26.0. The number of rotatable bonds is 15. The van der Waals surface area contributed by atoms with Crippen molar-refractivity contribution in [1.29, 1.82) is 0 Å². The number of aliphatic carboxylic acids is 1. The standard InChI is InChI=1S/C25H38N4O5S/c1-6-7-8-9-10-16-29(21-22(30)27(4)24(33)28(5)26-21)17-11-18-34-19-12-14-20(15-13-19)35-25(2,3)23(31)32/h12-15H,6-11,16-18H2,1-5H3,(H,31,32). The Kier molecular flexibility index (Phi) is 10.9. The molecule has 0 radical (unpaired) electrons. The number of carbonyl (C=O) groups is 1. The fraction of sp³-hybridized carbons (Fsp3) is 0.600. The fourth-order valence-electron chi connectivity index (χ4n) is 3.50. The van der Waals surface area contributed by atoms with Crippen LogP contribution in [0.1, 0.15) is 59.3 Å². The molecule has 1 N–H and O–H groups in total. The zero-order valence-electron chi connectivity index (χ0n) is 21.5. The molecule has 2 rings (SSSR count). The molecular weight excluding hydrogens is 468 g/mol. The predicted octanol–water partition coefficient (Wildman–Crippen LogP) is 3.68. The number of hydrogen-bond acceptors (Lipinski definition) is 7. The molecule has 0 saturated heterocycles. The lowest BCUT2D eigenvalue weighted by atomic mass is 10.1. The molecule has 0 aliphatic rings. The van der Waals surface area contributed by atoms with Crippen molar-refractivity contribution in [3.05, 3.63) is 45.1 Å². The second-order valence-electron chi connectivity index (χ2n) is 9.09. The Morgan fingerprint density at radius 3 is 2.31 bits per heavy atom. The number of anilines is 1. The monoisotopic (exact) mass is 506 g/mol. The average molecular weight is 507 g/mol. The molecule has 1 aromatic heterocycles. The number of hydrogen-bond donors (Lipinski definition) is 1. The Labute approximate surface area is 211 Å². The van der Waals surface area contributed by atoms with E-state index in [2.05, 4.69) is 12.0 Å². The number of ether oxygens (including phenoxy) is 1. The molecule has 0 atom stereocenters. The minimum Gasteiger partial charge on any atom is -0.494 e. The van der Waals surface area contributed by atoms with E-state index in [1.807, 2.05) is 29.2 Å². The predicted molar refractivity (Wildman–Crippen MR) is 140 cm³/mol. The van der Waals surface area contributed by atoms with Gasteiger partial charge >= 0.3 is 11.7 Å². The van der Waals surface area contributed by atoms with Crippen LogP contribution >= 0.6 is 11.8 Å². The van der Waals surface area contributed by atoms with E-state index < -0.39 is 16.4 Å². The summed E-state index contributed by atoms with van der Waals surface area (Å²) in [6.45, 7) is 7.24. The molecule has 9 nitrogen and oxygen atoms in total. The summed E-state index contributed by atoms with van der Waals surface area (Å²) in [6.07, 6.45) is 6.21. The van der Waals surface area contributed by atoms with Crippen LogP contribution in [0.5, 0.6) is 5.75 Å². The Morgan fingerprint density at radius 1 is 1.06 bits per heavy atom. The first kappa shape index (κ1) is 28.5. The van der Waals surface area contributed by atoms with Crippen molar-refractivity contribution in [2.45, 2.75) is 68.9 Å². The van der Waals surface area contributed by atoms with Crippen molar-refractivity contribution >= 4 is 23.5 Å². The number of thioether (sulfide) groups is 1. The molecule has 0 fully saturated rings. The van der Waals surface area contributed by atoms with Gasteiger partial charge in [0.15, 0.2) is 0 Å². The summed E-state index contributed by atoms with van der Waals surface area (Å²) < 4.78 is 7.25. The van der Waals surface area contributed by atoms with E-state index in [0.29, 0.717) is 31.9 Å². The van der Waals surface area contributed by atoms with Gasteiger partial charge in [-0.3, -0.25) is 14.2 Å². The van der Waals surface area contributed by atoms with Crippen LogP contribution in [0.3, 0.4) is 0 Å². The molecule has 0 aliphatic carbocycles. The van der Waals surface area contributed by atoms with Crippen molar-refractivity contribution < 1.29 is 14.6 Å². The molecule has 194 valence electrons. The maximum absolute atomic E-state index is 12.7. The van der Waals surface area contributed by atoms with E-state index in [1.165, 1.54) is 36.3 Å². The number of carboxylic acid groups (broad SMARTS) is 1. The third kappa shape index (κ3) is 8.45. The molecule has 0 bridgehead atoms. The number of unbranched alkanes of at least 4 members (excludes halogenated alkanes) is 4. The first-order valence-corrected chi connectivity index (χ1v) is 12.9. The highest BCUT2D eigenvalue weighted by Crippen LogP contribution is 2.33. The summed E-state index contributed by atoms with van der Waals surface area (Å²) >= 11 is 1.28. The molecule has 0 spiro atoms. The van der Waals surface area contributed by atoms with Gasteiger partial charge in [0, 0.05) is 32.1 Å². The number of aryl methyl sites for hydroxylation is 1. The Hall–Kier alpha value is -2.75. The minimum atomic E-state index is -0.908. The van der Waals surface area contributed by atoms with Crippen molar-refractivity contribution in [3.8, 4) is 5.75 Å². The quantitative estimate of drug-likeness (QED) is 0.288. The Balaban J connectivity index is 1.98. The normalized spacial score (nSPS) is 11.5. The molecule has 10 heteroatoms. The topological polar surface area (TPSA) is 107 Å². The van der Waals surface area contributed by atoms with Gasteiger partial charge in [0.1, 0.15) is 10.5 Å². The van der Waals surface area contributed by atoms with Crippen molar-refractivity contribution in [3.63, 3.8) is 0 Å². The lowest BCUT2D eigenvalue weighted by molar-refractivity contribution is -0.138. The van der Waals surface area contributed by atoms with Crippen molar-refractivity contribution in [1.82, 2.24) is 14.3 Å². The molecular formula is C25H38N4O5S. The second-order valence-corrected chi connectivity index (χ2v) is 10.8. The Morgan fingerprint density at radius 2 is 1.69 bits per heavy atom. The van der Waals surface area contributed by atoms with Crippen molar-refractivity contribution in [2.75, 3.05) is 24.6 Å². The molecule has 0 unspecified atom stereocenters. The first-order valence-electron chi connectivity index (χ1n) is 12.1. The van der Waals surface area contributed by atoms with Gasteiger partial charge in [0.2, 0.25) is 5.82 Å². The molecule has 1 heterocycles. The van der Waals surface area contributed by atoms with E-state index in [0.717, 1.165) is 28.7 Å². The molecule has 0 aliphatic heterocycles. The van der Waals surface area contributed by atoms with E-state index in [4.69, 9.17) is 4.74 Å². The average Bonchev–Trinajstić information content (AvgIpc) is 2.82. The minimum absolute atomic E-state index is 0.285. The van der Waals surface area contributed by atoms with Gasteiger partial charge in [-0.1, -0.05) is 32.6 Å². The third-order valence-corrected chi connectivity index (χ3v) is 6.88. The molecule has 35 heavy (non-hydrogen) atoms. The van der Waals surface area contributed by atoms with Gasteiger partial charge in [-0.2, -0.15) is 0 Å². The van der Waals surface area contributed by atoms with Crippen LogP contribution in [0.15, 0.2) is 38.8 Å². The first-order chi connectivity index (χ1) is 16.6. The highest BCUT2D eigenvalue weighted by molar-refractivity contribution is 8.01. The zero-order valence-corrected chi connectivity index (χ0v) is 22.3. The summed E-state index contributed by atoms with van der Waals surface area (Å²) in [4.78, 5) is 38.9. The van der Waals surface area contributed by atoms with Crippen molar-refractivity contribution in [2.24, 2.45) is 14.1 Å². The van der Waals surface area contributed by atoms with Crippen LogP contribution in [0.25, 0.3) is 0 Å². The molecule has 2 aromatic rings. The molecule has 1 aromatic carbocycles. The van der Waals surface area contributed by atoms with Gasteiger partial charge in [0.25, 0.3) is 5.56 Å². The number of carboxylic acids is 1. The van der Waals surface area contributed by atoms with Crippen LogP contribution in [-0.2, 0) is 18.9 Å². The summed E-state index contributed by atoms with van der Waals surface area (Å²) in [5, 5.41) is 13.5. The summed E-state index contributed by atoms with van der Waals surface area (Å²) in [6, 6.07) is 7.36. The van der Waals surface area contributed by atoms with Crippen LogP contribution in [0.4, 0.5) is 5.82 Å². The largest absolute Gasteiger partial charge is 0.494 e. The van der Waals surface area contributed by atoms with E-state index in [1.54, 1.807) is 20.9 Å². The SMILES string of the molecule is CCCCCCCN(CCCOc1ccc(SC(C)(C)C(=O)O)cc1)c1nn(C)c(=O)n(C)c1=O. The molecule has 0 saturated carbocycles. The van der Waals surface area contributed by atoms with Crippen LogP contribution in [-0.4, -0.2) is 49.9 Å². The van der Waals surface area contributed by atoms with Gasteiger partial charge in [-0.05, 0) is 51.0 Å². The third-order valence-electron chi connectivity index (χ3n) is 5.69. The highest BCUT2D eigenvalue weighted by Gasteiger charge is 2.28. The van der Waals surface area contributed by atoms with Gasteiger partial charge in [-0.25, -0.2) is 9.48 Å². The van der Waals surface area contributed by atoms with Gasteiger partial charge in [0.05, 0.1) is 6.61 Å². The summed E-state index contributed by atoms with van der Waals surface area (Å²) in [7, 11) is 3.02. The van der Waals surface area contributed by atoms with Gasteiger partial charge < -0.3 is 14.7 Å². The number of nitrogens with zero attached hydrogens (tertiary/aromatic N) is 4. The van der Waals surface area contributed by atoms with E-state index in [-0.39, 0.29) is 11.4 Å². The summed E-state index contributed by atoms with van der Waals surface area (Å²) in [5.74, 6) is 0.123. The summed E-state index contributed by atoms with van der Waals surface area (Å²) in [5.41, 5.74) is -0.835. The number of benzene rings is 1. The van der Waals surface area contributed by atoms with E-state index in [9.17, 15) is 19.5 Å². The molecule has 0 amide bonds. The highest BCUT2D eigenvalue weighted by atomic mass is 32.2. The maximum atomic E-state index is 12.7. The van der Waals surface area contributed by atoms with Crippen LogP contribution in [0, 0.1) is 0 Å². The lowest BCUT2D eigenvalue weighted by Gasteiger charge is -2.23. The van der Waals surface area contributed by atoms with Crippen LogP contribution < -0.4 is 20.9 Å². The van der Waals surface area contributed by atoms with Crippen LogP contribution in [0.2, 0.25) is 0 Å². The lowest BCUT2D eigenvalue weighted by Crippen LogP contribution is -2.43. The van der Waals surface area contributed by atoms with Gasteiger partial charge in [-0.15, -0.1) is 16.9 Å². The Bertz CT molecular complexity index is 1080. The number of aromatic nitrogens is 3. The fourth-order valence-corrected chi connectivity index (χ4v) is 4.45. The second kappa shape index (κ2) is 13.4.